The van der Waals surface area contributed by atoms with Gasteiger partial charge in [0, 0.05) is 16.8 Å². The van der Waals surface area contributed by atoms with Gasteiger partial charge in [0.15, 0.2) is 0 Å². The summed E-state index contributed by atoms with van der Waals surface area (Å²) in [6.45, 7) is 0. The Bertz CT molecular complexity index is 13.5. The average Bonchev–Trinajstić information content (AvgIpc) is 0.918. The smallest absolute Gasteiger partial charge is 0 e. The third kappa shape index (κ3) is 16.3. The fourth-order valence-electron chi connectivity index (χ4n) is 0. The zero-order chi connectivity index (χ0) is 2.71. The Balaban J connectivity index is 0. The fourth-order valence-corrected chi connectivity index (χ4v) is 0. The summed E-state index contributed by atoms with van der Waals surface area (Å²) >= 11 is 3.15. The molecule has 0 aromatic heterocycles. The summed E-state index contributed by atoms with van der Waals surface area (Å²) in [4.78, 5) is 8.67. The van der Waals surface area contributed by atoms with Gasteiger partial charge in [-0.15, -0.1) is 0 Å². The van der Waals surface area contributed by atoms with Crippen molar-refractivity contribution in [1.29, 1.82) is 0 Å². The molecule has 0 heterocycles. The van der Waals surface area contributed by atoms with Crippen molar-refractivity contribution in [1.82, 2.24) is 0 Å². The first-order valence-electron chi connectivity index (χ1n) is 0.428. The van der Waals surface area contributed by atoms with Gasteiger partial charge in [-0.2, -0.15) is 0 Å². The number of rotatable bonds is 0. The van der Waals surface area contributed by atoms with E-state index in [1.54, 1.807) is 0 Å². The van der Waals surface area contributed by atoms with Crippen LogP contribution in [0, 0.1) is 0 Å². The Labute approximate surface area is 42.9 Å². The number of carbonyl (C=O) groups is 1. The molecule has 0 fully saturated rings. The second kappa shape index (κ2) is 9.36. The molecule has 29 valence electrons. The zero-order valence-corrected chi connectivity index (χ0v) is 3.73. The molecule has 0 aromatic carbocycles. The van der Waals surface area contributed by atoms with Crippen LogP contribution in [0.5, 0.6) is 0 Å². The zero-order valence-electron chi connectivity index (χ0n) is 1.65. The standard InChI is InChI=1S/CHO.2Co/c1-2;;/h1H;;. The second-order valence-electron chi connectivity index (χ2n) is 0.0786. The van der Waals surface area contributed by atoms with E-state index in [-0.39, 0.29) is 16.8 Å². The van der Waals surface area contributed by atoms with E-state index >= 15 is 0 Å². The fraction of sp³-hybridized carbons (Fsp3) is 0. The molecule has 0 rings (SSSR count). The van der Waals surface area contributed by atoms with Crippen LogP contribution in [0.1, 0.15) is 0 Å². The molecule has 4 heavy (non-hydrogen) atoms. The molecule has 0 atom stereocenters. The van der Waals surface area contributed by atoms with Crippen LogP contribution in [0.25, 0.3) is 0 Å². The first-order chi connectivity index (χ1) is 1.41. The maximum Gasteiger partial charge on any atom is 0 e. The third-order valence-electron chi connectivity index (χ3n) is 0. The minimum Gasteiger partial charge on any atom is 0 e. The van der Waals surface area contributed by atoms with Gasteiger partial charge < -0.3 is 0 Å². The van der Waals surface area contributed by atoms with Crippen LogP contribution in [-0.4, -0.2) is 5.22 Å². The normalized spacial score (nSPS) is 3.50. The monoisotopic (exact) mass is 147 g/mol. The third-order valence-corrected chi connectivity index (χ3v) is 0. The van der Waals surface area contributed by atoms with Gasteiger partial charge in [0.25, 0.3) is 0 Å². The van der Waals surface area contributed by atoms with Crippen LogP contribution in [-0.2, 0) is 37.3 Å². The second-order valence-corrected chi connectivity index (χ2v) is 0.324. The summed E-state index contributed by atoms with van der Waals surface area (Å²) < 4.78 is 0. The molecule has 0 saturated carbocycles. The predicted octanol–water partition coefficient (Wildman–Crippen LogP) is -0.279. The van der Waals surface area contributed by atoms with Crippen LogP contribution in [0.4, 0.5) is 0 Å². The first-order valence-corrected chi connectivity index (χ1v) is 1.03. The molecule has 0 aliphatic heterocycles. The molecular weight excluding hydrogens is 146 g/mol. The molecule has 0 saturated heterocycles. The maximum absolute atomic E-state index is 8.67. The van der Waals surface area contributed by atoms with Crippen LogP contribution in [0.2, 0.25) is 0 Å². The molecule has 0 spiro atoms. The topological polar surface area (TPSA) is 17.1 Å². The van der Waals surface area contributed by atoms with E-state index in [9.17, 15) is 0 Å². The molecule has 0 N–H and O–H groups in total. The van der Waals surface area contributed by atoms with Gasteiger partial charge in [-0.05, 0) is 0 Å². The molecule has 1 radical (unpaired) electrons. The van der Waals surface area contributed by atoms with E-state index in [0.717, 1.165) is 0 Å². The molecule has 0 aliphatic carbocycles. The van der Waals surface area contributed by atoms with Crippen LogP contribution < -0.4 is 0 Å². The number of carbonyl (C=O) groups excluding carboxylic acids is 1. The van der Waals surface area contributed by atoms with Crippen LogP contribution >= 0.6 is 0 Å². The minimum absolute atomic E-state index is 0. The van der Waals surface area contributed by atoms with Gasteiger partial charge in [0.1, 0.15) is 0 Å². The SMILES string of the molecule is O=[CH][Co].[Co]. The van der Waals surface area contributed by atoms with Gasteiger partial charge in [-0.3, -0.25) is 0 Å². The van der Waals surface area contributed by atoms with Crippen molar-refractivity contribution in [2.75, 3.05) is 0 Å². The van der Waals surface area contributed by atoms with E-state index < -0.39 is 0 Å². The van der Waals surface area contributed by atoms with Crippen LogP contribution in [0.3, 0.4) is 0 Å². The van der Waals surface area contributed by atoms with E-state index in [1.807, 2.05) is 0 Å². The molecule has 0 bridgehead atoms. The summed E-state index contributed by atoms with van der Waals surface area (Å²) in [5.74, 6) is 0. The average molecular weight is 147 g/mol. The largest absolute Gasteiger partial charge is 0 e. The Morgan fingerprint density at radius 2 is 1.75 bits per heavy atom. The van der Waals surface area contributed by atoms with Crippen molar-refractivity contribution in [2.45, 2.75) is 0 Å². The van der Waals surface area contributed by atoms with Gasteiger partial charge in [0.05, 0.1) is 0 Å². The van der Waals surface area contributed by atoms with Gasteiger partial charge in [0.2, 0.25) is 0 Å². The van der Waals surface area contributed by atoms with E-state index in [0.29, 0.717) is 5.22 Å². The van der Waals surface area contributed by atoms with Crippen molar-refractivity contribution >= 4 is 5.22 Å². The molecule has 3 heteroatoms. The Morgan fingerprint density at radius 3 is 1.75 bits per heavy atom. The van der Waals surface area contributed by atoms with Crippen molar-refractivity contribution in [2.24, 2.45) is 0 Å². The molecule has 0 aromatic rings. The summed E-state index contributed by atoms with van der Waals surface area (Å²) in [5.41, 5.74) is 0. The summed E-state index contributed by atoms with van der Waals surface area (Å²) in [5, 5.41) is 0.438. The predicted molar refractivity (Wildman–Crippen MR) is 6.75 cm³/mol. The van der Waals surface area contributed by atoms with Crippen molar-refractivity contribution in [3.8, 4) is 0 Å². The van der Waals surface area contributed by atoms with Crippen molar-refractivity contribution < 1.29 is 37.3 Å². The van der Waals surface area contributed by atoms with Gasteiger partial charge in [-0.1, -0.05) is 0 Å². The van der Waals surface area contributed by atoms with E-state index in [1.165, 1.54) is 0 Å². The minimum atomic E-state index is 0. The Hall–Kier alpha value is 0.683. The first kappa shape index (κ1) is 8.82. The molecule has 0 aliphatic rings. The maximum atomic E-state index is 8.67. The van der Waals surface area contributed by atoms with Gasteiger partial charge in [-0.25, -0.2) is 0 Å². The Kier molecular flexibility index (Phi) is 20.6. The van der Waals surface area contributed by atoms with Crippen molar-refractivity contribution in [3.05, 3.63) is 0 Å². The number of hydrogen-bond acceptors (Lipinski definition) is 1. The summed E-state index contributed by atoms with van der Waals surface area (Å²) in [7, 11) is 0. The molecule has 1 nitrogen and oxygen atoms in total. The van der Waals surface area contributed by atoms with E-state index in [2.05, 4.69) is 15.7 Å². The van der Waals surface area contributed by atoms with Crippen molar-refractivity contribution in [3.63, 3.8) is 0 Å². The Morgan fingerprint density at radius 1 is 1.75 bits per heavy atom. The number of hydrogen-bond donors (Lipinski definition) is 0. The van der Waals surface area contributed by atoms with Gasteiger partial charge >= 0.3 is 25.8 Å². The molecule has 0 amide bonds. The molecule has 0 unspecified atom stereocenters. The summed E-state index contributed by atoms with van der Waals surface area (Å²) in [6.07, 6.45) is 0. The quantitative estimate of drug-likeness (QED) is 0.430. The van der Waals surface area contributed by atoms with Crippen LogP contribution in [0.15, 0.2) is 0 Å². The summed E-state index contributed by atoms with van der Waals surface area (Å²) in [6, 6.07) is 0. The van der Waals surface area contributed by atoms with E-state index in [4.69, 9.17) is 4.79 Å². The molecular formula is CHCo2O.